The Morgan fingerprint density at radius 1 is 0.875 bits per heavy atom. The zero-order valence-electron chi connectivity index (χ0n) is 17.5. The number of hydrogen-bond acceptors (Lipinski definition) is 5. The lowest BCUT2D eigenvalue weighted by atomic mass is 10.1. The van der Waals surface area contributed by atoms with Crippen LogP contribution < -0.4 is 24.8 Å². The molecule has 1 aliphatic rings. The normalized spacial score (nSPS) is 12.1. The van der Waals surface area contributed by atoms with Crippen LogP contribution in [0, 0.1) is 6.92 Å². The molecular weight excluding hydrogens is 476 g/mol. The number of carbonyl (C=O) groups is 2. The Morgan fingerprint density at radius 2 is 1.56 bits per heavy atom. The van der Waals surface area contributed by atoms with Gasteiger partial charge in [-0.1, -0.05) is 6.07 Å². The summed E-state index contributed by atoms with van der Waals surface area (Å²) in [6.07, 6.45) is 0. The maximum Gasteiger partial charge on any atom is 0.255 e. The summed E-state index contributed by atoms with van der Waals surface area (Å²) >= 11 is 3.38. The van der Waals surface area contributed by atoms with Crippen LogP contribution >= 0.6 is 15.9 Å². The van der Waals surface area contributed by atoms with Gasteiger partial charge in [-0.2, -0.15) is 0 Å². The lowest BCUT2D eigenvalue weighted by Crippen LogP contribution is -2.17. The van der Waals surface area contributed by atoms with Crippen LogP contribution in [0.5, 0.6) is 17.2 Å². The standard InChI is InChI=1S/C24H21BrN2O5/c1-14-3-6-17(26-23(28)16-5-8-20-22(12-16)32-10-9-31-20)13-19(14)27-24(29)15-4-7-18(25)21(11-15)30-2/h3-8,11-13H,9-10H2,1-2H3,(H,26,28)(H,27,29). The van der Waals surface area contributed by atoms with Crippen molar-refractivity contribution in [1.82, 2.24) is 0 Å². The monoisotopic (exact) mass is 496 g/mol. The SMILES string of the molecule is COc1cc(C(=O)Nc2cc(NC(=O)c3ccc4c(c3)OCCO4)ccc2C)ccc1Br. The summed E-state index contributed by atoms with van der Waals surface area (Å²) in [5.74, 6) is 1.16. The van der Waals surface area contributed by atoms with Crippen LogP contribution in [0.2, 0.25) is 0 Å². The first-order chi connectivity index (χ1) is 15.4. The van der Waals surface area contributed by atoms with Crippen molar-refractivity contribution in [2.45, 2.75) is 6.92 Å². The fourth-order valence-electron chi connectivity index (χ4n) is 3.22. The van der Waals surface area contributed by atoms with Crippen LogP contribution in [-0.4, -0.2) is 32.1 Å². The Hall–Kier alpha value is -3.52. The molecule has 0 saturated heterocycles. The fraction of sp³-hybridized carbons (Fsp3) is 0.167. The van der Waals surface area contributed by atoms with Gasteiger partial charge in [0.05, 0.1) is 11.6 Å². The average molecular weight is 497 g/mol. The zero-order chi connectivity index (χ0) is 22.7. The number of methoxy groups -OCH3 is 1. The zero-order valence-corrected chi connectivity index (χ0v) is 19.1. The van der Waals surface area contributed by atoms with Crippen molar-refractivity contribution in [3.05, 3.63) is 75.8 Å². The van der Waals surface area contributed by atoms with E-state index in [4.69, 9.17) is 14.2 Å². The maximum atomic E-state index is 12.7. The van der Waals surface area contributed by atoms with Gasteiger partial charge in [-0.25, -0.2) is 0 Å². The molecule has 0 aromatic heterocycles. The lowest BCUT2D eigenvalue weighted by molar-refractivity contribution is 0.101. The van der Waals surface area contributed by atoms with E-state index >= 15 is 0 Å². The number of nitrogens with one attached hydrogen (secondary N) is 2. The molecule has 164 valence electrons. The van der Waals surface area contributed by atoms with E-state index in [1.54, 1.807) is 55.6 Å². The van der Waals surface area contributed by atoms with Crippen molar-refractivity contribution in [3.63, 3.8) is 0 Å². The molecule has 1 aliphatic heterocycles. The van der Waals surface area contributed by atoms with Crippen LogP contribution in [0.3, 0.4) is 0 Å². The summed E-state index contributed by atoms with van der Waals surface area (Å²) in [7, 11) is 1.54. The van der Waals surface area contributed by atoms with Crippen LogP contribution in [0.4, 0.5) is 11.4 Å². The first-order valence-electron chi connectivity index (χ1n) is 9.91. The van der Waals surface area contributed by atoms with Gasteiger partial charge in [0.2, 0.25) is 0 Å². The van der Waals surface area contributed by atoms with Crippen LogP contribution in [0.1, 0.15) is 26.3 Å². The number of halogens is 1. The molecule has 2 amide bonds. The van der Waals surface area contributed by atoms with Crippen molar-refractivity contribution in [2.75, 3.05) is 31.0 Å². The van der Waals surface area contributed by atoms with Crippen molar-refractivity contribution in [1.29, 1.82) is 0 Å². The third kappa shape index (κ3) is 4.70. The van der Waals surface area contributed by atoms with E-state index in [-0.39, 0.29) is 11.8 Å². The van der Waals surface area contributed by atoms with Gasteiger partial charge >= 0.3 is 0 Å². The van der Waals surface area contributed by atoms with Gasteiger partial charge in [0.1, 0.15) is 19.0 Å². The van der Waals surface area contributed by atoms with E-state index in [0.717, 1.165) is 10.0 Å². The molecule has 2 N–H and O–H groups in total. The van der Waals surface area contributed by atoms with Crippen molar-refractivity contribution < 1.29 is 23.8 Å². The highest BCUT2D eigenvalue weighted by Crippen LogP contribution is 2.31. The fourth-order valence-corrected chi connectivity index (χ4v) is 3.63. The first-order valence-corrected chi connectivity index (χ1v) is 10.7. The summed E-state index contributed by atoms with van der Waals surface area (Å²) in [6, 6.07) is 15.5. The predicted octanol–water partition coefficient (Wildman–Crippen LogP) is 5.04. The number of anilines is 2. The third-order valence-corrected chi connectivity index (χ3v) is 5.62. The molecule has 0 spiro atoms. The van der Waals surface area contributed by atoms with E-state index < -0.39 is 0 Å². The van der Waals surface area contributed by atoms with Gasteiger partial charge in [0.25, 0.3) is 11.8 Å². The number of benzene rings is 3. The average Bonchev–Trinajstić information content (AvgIpc) is 2.81. The molecule has 7 nitrogen and oxygen atoms in total. The maximum absolute atomic E-state index is 12.7. The molecule has 0 aliphatic carbocycles. The number of ether oxygens (including phenoxy) is 3. The van der Waals surface area contributed by atoms with Gasteiger partial charge in [0, 0.05) is 22.5 Å². The molecule has 0 saturated carbocycles. The van der Waals surface area contributed by atoms with E-state index in [1.807, 2.05) is 13.0 Å². The van der Waals surface area contributed by atoms with E-state index in [2.05, 4.69) is 26.6 Å². The van der Waals surface area contributed by atoms with Gasteiger partial charge in [-0.05, 0) is 76.9 Å². The second kappa shape index (κ2) is 9.32. The number of amides is 2. The Bertz CT molecular complexity index is 1200. The van der Waals surface area contributed by atoms with Crippen molar-refractivity contribution >= 4 is 39.1 Å². The molecule has 0 radical (unpaired) electrons. The summed E-state index contributed by atoms with van der Waals surface area (Å²) in [5.41, 5.74) is 2.91. The number of carbonyl (C=O) groups excluding carboxylic acids is 2. The van der Waals surface area contributed by atoms with Crippen molar-refractivity contribution in [2.24, 2.45) is 0 Å². The number of hydrogen-bond donors (Lipinski definition) is 2. The van der Waals surface area contributed by atoms with Gasteiger partial charge < -0.3 is 24.8 Å². The number of aryl methyl sites for hydroxylation is 1. The minimum Gasteiger partial charge on any atom is -0.496 e. The molecular formula is C24H21BrN2O5. The quantitative estimate of drug-likeness (QED) is 0.516. The Kier molecular flexibility index (Phi) is 6.32. The van der Waals surface area contributed by atoms with Crippen LogP contribution in [-0.2, 0) is 0 Å². The smallest absolute Gasteiger partial charge is 0.255 e. The largest absolute Gasteiger partial charge is 0.496 e. The molecule has 1 heterocycles. The molecule has 8 heteroatoms. The molecule has 4 rings (SSSR count). The molecule has 0 bridgehead atoms. The second-order valence-corrected chi connectivity index (χ2v) is 8.00. The third-order valence-electron chi connectivity index (χ3n) is 4.96. The highest BCUT2D eigenvalue weighted by Gasteiger charge is 2.16. The van der Waals surface area contributed by atoms with Crippen LogP contribution in [0.15, 0.2) is 59.1 Å². The van der Waals surface area contributed by atoms with Gasteiger partial charge in [-0.15, -0.1) is 0 Å². The van der Waals surface area contributed by atoms with Gasteiger partial charge in [0.15, 0.2) is 11.5 Å². The highest BCUT2D eigenvalue weighted by atomic mass is 79.9. The molecule has 32 heavy (non-hydrogen) atoms. The highest BCUT2D eigenvalue weighted by molar-refractivity contribution is 9.10. The molecule has 3 aromatic rings. The summed E-state index contributed by atoms with van der Waals surface area (Å²) in [4.78, 5) is 25.5. The minimum atomic E-state index is -0.291. The summed E-state index contributed by atoms with van der Waals surface area (Å²) in [6.45, 7) is 2.82. The molecule has 3 aromatic carbocycles. The number of fused-ring (bicyclic) bond motifs is 1. The Balaban J connectivity index is 1.50. The van der Waals surface area contributed by atoms with E-state index in [1.165, 1.54) is 0 Å². The molecule has 0 fully saturated rings. The number of rotatable bonds is 5. The van der Waals surface area contributed by atoms with Crippen LogP contribution in [0.25, 0.3) is 0 Å². The summed E-state index contributed by atoms with van der Waals surface area (Å²) in [5, 5.41) is 5.75. The second-order valence-electron chi connectivity index (χ2n) is 7.15. The summed E-state index contributed by atoms with van der Waals surface area (Å²) < 4.78 is 17.1. The first kappa shape index (κ1) is 21.7. The van der Waals surface area contributed by atoms with Gasteiger partial charge in [-0.3, -0.25) is 9.59 Å². The predicted molar refractivity (Wildman–Crippen MR) is 125 cm³/mol. The minimum absolute atomic E-state index is 0.283. The molecule has 0 atom stereocenters. The Labute approximate surface area is 193 Å². The lowest BCUT2D eigenvalue weighted by Gasteiger charge is -2.18. The van der Waals surface area contributed by atoms with Crippen molar-refractivity contribution in [3.8, 4) is 17.2 Å². The van der Waals surface area contributed by atoms with E-state index in [0.29, 0.717) is 53.0 Å². The van der Waals surface area contributed by atoms with E-state index in [9.17, 15) is 9.59 Å². The Morgan fingerprint density at radius 3 is 2.34 bits per heavy atom. The molecule has 0 unspecified atom stereocenters. The topological polar surface area (TPSA) is 85.9 Å².